The summed E-state index contributed by atoms with van der Waals surface area (Å²) in [6.45, 7) is 9.99. The maximum atomic E-state index is 5.83. The van der Waals surface area contributed by atoms with Crippen LogP contribution in [0, 0.1) is 0 Å². The van der Waals surface area contributed by atoms with Crippen LogP contribution in [0.1, 0.15) is 25.0 Å². The van der Waals surface area contributed by atoms with Crippen LogP contribution in [0.25, 0.3) is 55.0 Å². The molecule has 0 atom stereocenters. The number of rotatable bonds is 7. The summed E-state index contributed by atoms with van der Waals surface area (Å²) >= 11 is 0. The van der Waals surface area contributed by atoms with E-state index in [1.807, 2.05) is 68.4 Å². The number of benzene rings is 4. The van der Waals surface area contributed by atoms with Crippen molar-refractivity contribution in [3.63, 3.8) is 0 Å². The van der Waals surface area contributed by atoms with E-state index >= 15 is 0 Å². The van der Waals surface area contributed by atoms with E-state index in [-0.39, 0.29) is 0 Å². The van der Waals surface area contributed by atoms with Crippen LogP contribution in [0.2, 0.25) is 0 Å². The number of furan rings is 2. The van der Waals surface area contributed by atoms with Crippen molar-refractivity contribution in [3.8, 4) is 0 Å². The fraction of sp³-hybridized carbons (Fsp3) is 0.176. The molecule has 0 amide bonds. The lowest BCUT2D eigenvalue weighted by Crippen LogP contribution is -1.95. The van der Waals surface area contributed by atoms with E-state index in [0.29, 0.717) is 19.8 Å². The Balaban J connectivity index is 0.000000155. The van der Waals surface area contributed by atoms with E-state index < -0.39 is 0 Å². The predicted octanol–water partition coefficient (Wildman–Crippen LogP) is 9.27. The maximum absolute atomic E-state index is 5.83. The van der Waals surface area contributed by atoms with Crippen molar-refractivity contribution in [2.45, 2.75) is 13.8 Å². The molecule has 0 radical (unpaired) electrons. The monoisotopic (exact) mass is 504 g/mol. The Kier molecular flexibility index (Phi) is 7.73. The molecule has 4 heteroatoms. The molecule has 0 aliphatic heterocycles. The topological polar surface area (TPSA) is 44.7 Å². The largest absolute Gasteiger partial charge is 0.456 e. The van der Waals surface area contributed by atoms with Crippen LogP contribution in [0.3, 0.4) is 0 Å². The van der Waals surface area contributed by atoms with E-state index in [2.05, 4.69) is 43.0 Å². The van der Waals surface area contributed by atoms with Crippen LogP contribution in [-0.4, -0.2) is 26.9 Å². The molecule has 0 bridgehead atoms. The molecule has 4 nitrogen and oxygen atoms in total. The van der Waals surface area contributed by atoms with Crippen molar-refractivity contribution in [3.05, 3.63) is 109 Å². The Labute approximate surface area is 222 Å². The molecule has 0 unspecified atom stereocenters. The average Bonchev–Trinajstić information content (AvgIpc) is 3.52. The molecule has 2 aromatic heterocycles. The van der Waals surface area contributed by atoms with Crippen molar-refractivity contribution in [2.75, 3.05) is 26.9 Å². The molecule has 0 spiro atoms. The first kappa shape index (κ1) is 25.5. The molecule has 6 rings (SSSR count). The van der Waals surface area contributed by atoms with E-state index in [1.54, 1.807) is 7.11 Å². The molecule has 38 heavy (non-hydrogen) atoms. The van der Waals surface area contributed by atoms with Crippen LogP contribution in [0.4, 0.5) is 0 Å². The highest BCUT2D eigenvalue weighted by atomic mass is 16.5. The predicted molar refractivity (Wildman–Crippen MR) is 158 cm³/mol. The summed E-state index contributed by atoms with van der Waals surface area (Å²) in [6.07, 6.45) is 2.09. The number of hydrogen-bond acceptors (Lipinski definition) is 4. The van der Waals surface area contributed by atoms with Gasteiger partial charge in [-0.3, -0.25) is 0 Å². The molecule has 0 saturated heterocycles. The van der Waals surface area contributed by atoms with Crippen LogP contribution >= 0.6 is 0 Å². The highest BCUT2D eigenvalue weighted by Gasteiger charge is 2.09. The third-order valence-electron chi connectivity index (χ3n) is 6.66. The Morgan fingerprint density at radius 1 is 0.711 bits per heavy atom. The average molecular weight is 505 g/mol. The van der Waals surface area contributed by atoms with Gasteiger partial charge < -0.3 is 18.3 Å². The summed E-state index contributed by atoms with van der Waals surface area (Å²) in [4.78, 5) is 0. The molecular formula is C34H32O4. The molecule has 0 saturated carbocycles. The molecule has 2 heterocycles. The quantitative estimate of drug-likeness (QED) is 0.217. The lowest BCUT2D eigenvalue weighted by molar-refractivity contribution is 0.183. The second-order valence-electron chi connectivity index (χ2n) is 9.11. The minimum Gasteiger partial charge on any atom is -0.456 e. The Morgan fingerprint density at radius 3 is 1.79 bits per heavy atom. The molecule has 192 valence electrons. The Bertz CT molecular complexity index is 1750. The Hall–Kier alpha value is -4.12. The second kappa shape index (κ2) is 11.5. The van der Waals surface area contributed by atoms with Gasteiger partial charge in [0.05, 0.1) is 13.2 Å². The van der Waals surface area contributed by atoms with E-state index in [1.165, 1.54) is 11.1 Å². The third kappa shape index (κ3) is 5.14. The van der Waals surface area contributed by atoms with Gasteiger partial charge in [0, 0.05) is 35.3 Å². The lowest BCUT2D eigenvalue weighted by Gasteiger charge is -2.06. The first-order valence-electron chi connectivity index (χ1n) is 12.9. The van der Waals surface area contributed by atoms with Crippen molar-refractivity contribution in [1.29, 1.82) is 0 Å². The molecule has 4 aromatic carbocycles. The van der Waals surface area contributed by atoms with Crippen LogP contribution in [-0.2, 0) is 9.47 Å². The molecular weight excluding hydrogens is 472 g/mol. The number of methoxy groups -OCH3 is 1. The first-order chi connectivity index (χ1) is 18.6. The van der Waals surface area contributed by atoms with Gasteiger partial charge in [-0.05, 0) is 72.5 Å². The molecule has 0 fully saturated rings. The van der Waals surface area contributed by atoms with Gasteiger partial charge in [0.25, 0.3) is 0 Å². The summed E-state index contributed by atoms with van der Waals surface area (Å²) in [6, 6.07) is 28.7. The zero-order valence-electron chi connectivity index (χ0n) is 22.1. The van der Waals surface area contributed by atoms with Crippen LogP contribution in [0.5, 0.6) is 0 Å². The molecule has 0 N–H and O–H groups in total. The molecule has 6 aromatic rings. The zero-order chi connectivity index (χ0) is 26.5. The van der Waals surface area contributed by atoms with Crippen LogP contribution in [0.15, 0.2) is 106 Å². The summed E-state index contributed by atoms with van der Waals surface area (Å²) in [7, 11) is 1.72. The van der Waals surface area contributed by atoms with Gasteiger partial charge in [-0.25, -0.2) is 0 Å². The van der Waals surface area contributed by atoms with Gasteiger partial charge in [-0.15, -0.1) is 0 Å². The van der Waals surface area contributed by atoms with Gasteiger partial charge in [-0.2, -0.15) is 0 Å². The summed E-state index contributed by atoms with van der Waals surface area (Å²) in [5.74, 6) is 0. The highest BCUT2D eigenvalue weighted by molar-refractivity contribution is 6.06. The minimum absolute atomic E-state index is 0.567. The van der Waals surface area contributed by atoms with Crippen molar-refractivity contribution in [2.24, 2.45) is 0 Å². The number of allylic oxidation sites excluding steroid dienone is 1. The maximum Gasteiger partial charge on any atom is 0.135 e. The van der Waals surface area contributed by atoms with E-state index in [0.717, 1.165) is 55.0 Å². The van der Waals surface area contributed by atoms with Crippen molar-refractivity contribution >= 4 is 55.0 Å². The number of fused-ring (bicyclic) bond motifs is 6. The van der Waals surface area contributed by atoms with Gasteiger partial charge in [-0.1, -0.05) is 61.2 Å². The van der Waals surface area contributed by atoms with Crippen molar-refractivity contribution < 1.29 is 18.3 Å². The fourth-order valence-corrected chi connectivity index (χ4v) is 4.67. The fourth-order valence-electron chi connectivity index (χ4n) is 4.67. The summed E-state index contributed by atoms with van der Waals surface area (Å²) in [5.41, 5.74) is 8.17. The summed E-state index contributed by atoms with van der Waals surface area (Å²) < 4.78 is 22.3. The van der Waals surface area contributed by atoms with Gasteiger partial charge >= 0.3 is 0 Å². The third-order valence-corrected chi connectivity index (χ3v) is 6.66. The van der Waals surface area contributed by atoms with Crippen molar-refractivity contribution in [1.82, 2.24) is 0 Å². The first-order valence-corrected chi connectivity index (χ1v) is 12.9. The molecule has 0 aliphatic rings. The van der Waals surface area contributed by atoms with Gasteiger partial charge in [0.2, 0.25) is 0 Å². The van der Waals surface area contributed by atoms with Gasteiger partial charge in [0.1, 0.15) is 22.3 Å². The zero-order valence-corrected chi connectivity index (χ0v) is 22.1. The molecule has 0 aliphatic carbocycles. The van der Waals surface area contributed by atoms with Gasteiger partial charge in [0.15, 0.2) is 0 Å². The Morgan fingerprint density at radius 2 is 1.24 bits per heavy atom. The number of ether oxygens (including phenoxy) is 2. The standard InChI is InChI=1S/2C17H16O2/c1-3-12(11-18-2)13-8-9-17-15(10-13)14-6-4-5-7-16(14)19-17;1-3-18-11-12(2)13-8-9-17-15(10-13)14-6-4-5-7-16(14)19-17/h3-10H,11H2,1-2H3;4-10H,2-3,11H2,1H3. The summed E-state index contributed by atoms with van der Waals surface area (Å²) in [5, 5.41) is 4.59. The lowest BCUT2D eigenvalue weighted by atomic mass is 10.0. The number of hydrogen-bond donors (Lipinski definition) is 0. The van der Waals surface area contributed by atoms with E-state index in [4.69, 9.17) is 18.3 Å². The minimum atomic E-state index is 0.567. The smallest absolute Gasteiger partial charge is 0.135 e. The SMILES string of the molecule is C=C(COCC)c1ccc2oc3ccccc3c2c1.CC=C(COC)c1ccc2oc3ccccc3c2c1. The van der Waals surface area contributed by atoms with Crippen LogP contribution < -0.4 is 0 Å². The normalized spacial score (nSPS) is 11.8. The number of para-hydroxylation sites is 2. The second-order valence-corrected chi connectivity index (χ2v) is 9.11. The highest BCUT2D eigenvalue weighted by Crippen LogP contribution is 2.32. The van der Waals surface area contributed by atoms with E-state index in [9.17, 15) is 0 Å².